The van der Waals surface area contributed by atoms with Gasteiger partial charge in [0.2, 0.25) is 5.91 Å². The van der Waals surface area contributed by atoms with E-state index in [0.717, 1.165) is 32.5 Å². The van der Waals surface area contributed by atoms with Crippen LogP contribution in [0.4, 0.5) is 0 Å². The van der Waals surface area contributed by atoms with Crippen LogP contribution in [0.5, 0.6) is 0 Å². The lowest BCUT2D eigenvalue weighted by Gasteiger charge is -2.32. The Morgan fingerprint density at radius 1 is 1.29 bits per heavy atom. The second kappa shape index (κ2) is 5.82. The minimum Gasteiger partial charge on any atom is -0.354 e. The summed E-state index contributed by atoms with van der Waals surface area (Å²) in [6.45, 7) is 4.75. The highest BCUT2D eigenvalue weighted by atomic mass is 16.1. The molecule has 1 aromatic rings. The maximum atomic E-state index is 11.0. The minimum atomic E-state index is 0.0894. The summed E-state index contributed by atoms with van der Waals surface area (Å²) in [4.78, 5) is 13.4. The molecule has 0 bridgehead atoms. The molecule has 1 amide bonds. The molecule has 1 N–H and O–H groups in total. The van der Waals surface area contributed by atoms with Crippen LogP contribution in [0.1, 0.15) is 25.3 Å². The number of carbonyl (C=O) groups excluding carboxylic acids is 1. The number of amides is 1. The second-order valence-electron chi connectivity index (χ2n) is 4.74. The molecule has 92 valence electrons. The first-order valence-corrected chi connectivity index (χ1v) is 6.27. The molecule has 1 saturated heterocycles. The summed E-state index contributed by atoms with van der Waals surface area (Å²) in [5.74, 6) is 0.0894. The van der Waals surface area contributed by atoms with Gasteiger partial charge < -0.3 is 5.32 Å². The molecule has 2 rings (SSSR count). The Kier molecular flexibility index (Phi) is 4.15. The van der Waals surface area contributed by atoms with Gasteiger partial charge >= 0.3 is 0 Å². The van der Waals surface area contributed by atoms with E-state index < -0.39 is 0 Å². The summed E-state index contributed by atoms with van der Waals surface area (Å²) in [6, 6.07) is 10.9. The Labute approximate surface area is 103 Å². The summed E-state index contributed by atoms with van der Waals surface area (Å²) >= 11 is 0. The summed E-state index contributed by atoms with van der Waals surface area (Å²) in [5.41, 5.74) is 1.37. The third-order valence-corrected chi connectivity index (χ3v) is 3.24. The van der Waals surface area contributed by atoms with Gasteiger partial charge in [-0.05, 0) is 18.4 Å². The van der Waals surface area contributed by atoms with E-state index in [1.54, 1.807) is 6.92 Å². The molecule has 17 heavy (non-hydrogen) atoms. The SMILES string of the molecule is CC(=O)NC1CCN(Cc2ccccc2)CC1. The molecule has 0 radical (unpaired) electrons. The Hall–Kier alpha value is -1.35. The van der Waals surface area contributed by atoms with Crippen molar-refractivity contribution in [1.29, 1.82) is 0 Å². The third kappa shape index (κ3) is 3.86. The zero-order valence-electron chi connectivity index (χ0n) is 10.4. The summed E-state index contributed by atoms with van der Waals surface area (Å²) in [6.07, 6.45) is 2.12. The lowest BCUT2D eigenvalue weighted by Crippen LogP contribution is -2.43. The van der Waals surface area contributed by atoms with Gasteiger partial charge in [0.15, 0.2) is 0 Å². The molecule has 0 unspecified atom stereocenters. The second-order valence-corrected chi connectivity index (χ2v) is 4.74. The maximum Gasteiger partial charge on any atom is 0.217 e. The molecule has 0 saturated carbocycles. The predicted octanol–water partition coefficient (Wildman–Crippen LogP) is 1.79. The molecule has 3 nitrogen and oxygen atoms in total. The van der Waals surface area contributed by atoms with Crippen molar-refractivity contribution in [3.8, 4) is 0 Å². The highest BCUT2D eigenvalue weighted by molar-refractivity contribution is 5.73. The van der Waals surface area contributed by atoms with Crippen molar-refractivity contribution in [2.24, 2.45) is 0 Å². The zero-order valence-corrected chi connectivity index (χ0v) is 10.4. The average molecular weight is 232 g/mol. The fourth-order valence-electron chi connectivity index (χ4n) is 2.36. The van der Waals surface area contributed by atoms with Gasteiger partial charge in [-0.2, -0.15) is 0 Å². The van der Waals surface area contributed by atoms with Crippen LogP contribution in [-0.4, -0.2) is 29.9 Å². The monoisotopic (exact) mass is 232 g/mol. The normalized spacial score (nSPS) is 17.9. The number of rotatable bonds is 3. The lowest BCUT2D eigenvalue weighted by atomic mass is 10.0. The predicted molar refractivity (Wildman–Crippen MR) is 68.6 cm³/mol. The largest absolute Gasteiger partial charge is 0.354 e. The number of nitrogens with one attached hydrogen (secondary N) is 1. The number of piperidine rings is 1. The summed E-state index contributed by atoms with van der Waals surface area (Å²) in [7, 11) is 0. The molecule has 3 heteroatoms. The van der Waals surface area contributed by atoms with Crippen molar-refractivity contribution in [3.05, 3.63) is 35.9 Å². The van der Waals surface area contributed by atoms with Gasteiger partial charge in [0, 0.05) is 32.6 Å². The molecule has 1 aliphatic rings. The Bertz CT molecular complexity index is 356. The molecule has 1 aromatic carbocycles. The van der Waals surface area contributed by atoms with Crippen molar-refractivity contribution < 1.29 is 4.79 Å². The van der Waals surface area contributed by atoms with Crippen LogP contribution in [-0.2, 0) is 11.3 Å². The molecule has 1 aliphatic heterocycles. The molecular weight excluding hydrogens is 212 g/mol. The van der Waals surface area contributed by atoms with E-state index in [9.17, 15) is 4.79 Å². The number of hydrogen-bond acceptors (Lipinski definition) is 2. The minimum absolute atomic E-state index is 0.0894. The number of nitrogens with zero attached hydrogens (tertiary/aromatic N) is 1. The number of likely N-dealkylation sites (tertiary alicyclic amines) is 1. The molecule has 0 aromatic heterocycles. The first kappa shape index (κ1) is 12.1. The van der Waals surface area contributed by atoms with Crippen LogP contribution in [0, 0.1) is 0 Å². The third-order valence-electron chi connectivity index (χ3n) is 3.24. The van der Waals surface area contributed by atoms with E-state index in [0.29, 0.717) is 6.04 Å². The molecule has 1 heterocycles. The van der Waals surface area contributed by atoms with Crippen molar-refractivity contribution in [2.45, 2.75) is 32.4 Å². The van der Waals surface area contributed by atoms with Gasteiger partial charge in [-0.3, -0.25) is 9.69 Å². The van der Waals surface area contributed by atoms with Crippen molar-refractivity contribution in [3.63, 3.8) is 0 Å². The number of carbonyl (C=O) groups is 1. The topological polar surface area (TPSA) is 32.3 Å². The van der Waals surface area contributed by atoms with Gasteiger partial charge in [-0.25, -0.2) is 0 Å². The van der Waals surface area contributed by atoms with Gasteiger partial charge in [-0.1, -0.05) is 30.3 Å². The van der Waals surface area contributed by atoms with Crippen molar-refractivity contribution in [2.75, 3.05) is 13.1 Å². The molecule has 1 fully saturated rings. The quantitative estimate of drug-likeness (QED) is 0.861. The fourth-order valence-corrected chi connectivity index (χ4v) is 2.36. The standard InChI is InChI=1S/C14H20N2O/c1-12(17)15-14-7-9-16(10-8-14)11-13-5-3-2-4-6-13/h2-6,14H,7-11H2,1H3,(H,15,17). The van der Waals surface area contributed by atoms with Gasteiger partial charge in [0.25, 0.3) is 0 Å². The van der Waals surface area contributed by atoms with Gasteiger partial charge in [-0.15, -0.1) is 0 Å². The fraction of sp³-hybridized carbons (Fsp3) is 0.500. The van der Waals surface area contributed by atoms with Crippen molar-refractivity contribution in [1.82, 2.24) is 10.2 Å². The Balaban J connectivity index is 1.78. The van der Waals surface area contributed by atoms with E-state index in [1.165, 1.54) is 5.56 Å². The first-order chi connectivity index (χ1) is 8.24. The average Bonchev–Trinajstić information content (AvgIpc) is 2.32. The zero-order chi connectivity index (χ0) is 12.1. The maximum absolute atomic E-state index is 11.0. The molecule has 0 aliphatic carbocycles. The first-order valence-electron chi connectivity index (χ1n) is 6.27. The Morgan fingerprint density at radius 2 is 1.94 bits per heavy atom. The van der Waals surface area contributed by atoms with Crippen LogP contribution >= 0.6 is 0 Å². The summed E-state index contributed by atoms with van der Waals surface area (Å²) in [5, 5.41) is 3.00. The van der Waals surface area contributed by atoms with Crippen LogP contribution in [0.2, 0.25) is 0 Å². The van der Waals surface area contributed by atoms with Crippen molar-refractivity contribution >= 4 is 5.91 Å². The molecule has 0 spiro atoms. The smallest absolute Gasteiger partial charge is 0.217 e. The molecule has 0 atom stereocenters. The van der Waals surface area contributed by atoms with Crippen LogP contribution in [0.15, 0.2) is 30.3 Å². The molecular formula is C14H20N2O. The van der Waals surface area contributed by atoms with Crippen LogP contribution < -0.4 is 5.32 Å². The van der Waals surface area contributed by atoms with E-state index in [1.807, 2.05) is 6.07 Å². The number of benzene rings is 1. The number of hydrogen-bond donors (Lipinski definition) is 1. The van der Waals surface area contributed by atoms with E-state index in [4.69, 9.17) is 0 Å². The van der Waals surface area contributed by atoms with Crippen LogP contribution in [0.25, 0.3) is 0 Å². The Morgan fingerprint density at radius 3 is 2.53 bits per heavy atom. The lowest BCUT2D eigenvalue weighted by molar-refractivity contribution is -0.119. The van der Waals surface area contributed by atoms with E-state index >= 15 is 0 Å². The van der Waals surface area contributed by atoms with E-state index in [-0.39, 0.29) is 5.91 Å². The highest BCUT2D eigenvalue weighted by Gasteiger charge is 2.19. The highest BCUT2D eigenvalue weighted by Crippen LogP contribution is 2.13. The van der Waals surface area contributed by atoms with Crippen LogP contribution in [0.3, 0.4) is 0 Å². The van der Waals surface area contributed by atoms with Gasteiger partial charge in [0.05, 0.1) is 0 Å². The summed E-state index contributed by atoms with van der Waals surface area (Å²) < 4.78 is 0. The van der Waals surface area contributed by atoms with E-state index in [2.05, 4.69) is 34.5 Å². The van der Waals surface area contributed by atoms with Gasteiger partial charge in [0.1, 0.15) is 0 Å².